The van der Waals surface area contributed by atoms with Crippen molar-refractivity contribution in [2.24, 2.45) is 11.7 Å². The lowest BCUT2D eigenvalue weighted by Crippen LogP contribution is -2.33. The Hall–Kier alpha value is -1.35. The van der Waals surface area contributed by atoms with Gasteiger partial charge in [0.25, 0.3) is 0 Å². The first-order valence-corrected chi connectivity index (χ1v) is 6.18. The van der Waals surface area contributed by atoms with Crippen molar-refractivity contribution in [3.8, 4) is 0 Å². The summed E-state index contributed by atoms with van der Waals surface area (Å²) < 4.78 is 0. The molecule has 2 atom stereocenters. The highest BCUT2D eigenvalue weighted by Crippen LogP contribution is 2.28. The number of aryl methyl sites for hydroxylation is 1. The Morgan fingerprint density at radius 1 is 1.35 bits per heavy atom. The monoisotopic (exact) mass is 232 g/mol. The van der Waals surface area contributed by atoms with E-state index in [4.69, 9.17) is 5.73 Å². The SMILES string of the molecule is Cc1ccccc1N(C)C(=O)C1CCC(N)C1. The van der Waals surface area contributed by atoms with Gasteiger partial charge >= 0.3 is 0 Å². The van der Waals surface area contributed by atoms with E-state index in [1.54, 1.807) is 4.90 Å². The van der Waals surface area contributed by atoms with Gasteiger partial charge in [0, 0.05) is 24.7 Å². The van der Waals surface area contributed by atoms with E-state index < -0.39 is 0 Å². The minimum atomic E-state index is 0.106. The molecule has 0 saturated heterocycles. The van der Waals surface area contributed by atoms with Crippen molar-refractivity contribution in [1.82, 2.24) is 0 Å². The first-order valence-electron chi connectivity index (χ1n) is 6.18. The van der Waals surface area contributed by atoms with Crippen LogP contribution >= 0.6 is 0 Å². The van der Waals surface area contributed by atoms with Crippen molar-refractivity contribution in [1.29, 1.82) is 0 Å². The quantitative estimate of drug-likeness (QED) is 0.848. The molecule has 17 heavy (non-hydrogen) atoms. The Morgan fingerprint density at radius 3 is 2.65 bits per heavy atom. The number of para-hydroxylation sites is 1. The van der Waals surface area contributed by atoms with E-state index >= 15 is 0 Å². The average Bonchev–Trinajstić information content (AvgIpc) is 2.75. The van der Waals surface area contributed by atoms with Crippen LogP contribution in [-0.2, 0) is 4.79 Å². The minimum absolute atomic E-state index is 0.106. The van der Waals surface area contributed by atoms with Crippen LogP contribution in [0.4, 0.5) is 5.69 Å². The van der Waals surface area contributed by atoms with Crippen molar-refractivity contribution >= 4 is 11.6 Å². The zero-order valence-corrected chi connectivity index (χ0v) is 10.5. The first-order chi connectivity index (χ1) is 8.09. The van der Waals surface area contributed by atoms with Crippen molar-refractivity contribution < 1.29 is 4.79 Å². The van der Waals surface area contributed by atoms with E-state index in [0.717, 1.165) is 30.5 Å². The number of nitrogens with two attached hydrogens (primary N) is 1. The zero-order chi connectivity index (χ0) is 12.4. The number of rotatable bonds is 2. The standard InChI is InChI=1S/C14H20N2O/c1-10-5-3-4-6-13(10)16(2)14(17)11-7-8-12(15)9-11/h3-6,11-12H,7-9,15H2,1-2H3. The van der Waals surface area contributed by atoms with Gasteiger partial charge in [-0.3, -0.25) is 4.79 Å². The summed E-state index contributed by atoms with van der Waals surface area (Å²) >= 11 is 0. The van der Waals surface area contributed by atoms with Crippen LogP contribution in [0.2, 0.25) is 0 Å². The van der Waals surface area contributed by atoms with Gasteiger partial charge in [0.15, 0.2) is 0 Å². The maximum Gasteiger partial charge on any atom is 0.229 e. The van der Waals surface area contributed by atoms with Crippen molar-refractivity contribution in [2.75, 3.05) is 11.9 Å². The topological polar surface area (TPSA) is 46.3 Å². The molecule has 2 N–H and O–H groups in total. The van der Waals surface area contributed by atoms with Gasteiger partial charge in [-0.15, -0.1) is 0 Å². The molecule has 0 heterocycles. The lowest BCUT2D eigenvalue weighted by Gasteiger charge is -2.22. The summed E-state index contributed by atoms with van der Waals surface area (Å²) in [5.41, 5.74) is 7.99. The second-order valence-electron chi connectivity index (χ2n) is 4.95. The molecular weight excluding hydrogens is 212 g/mol. The number of nitrogens with zero attached hydrogens (tertiary/aromatic N) is 1. The number of benzene rings is 1. The van der Waals surface area contributed by atoms with Gasteiger partial charge in [-0.05, 0) is 37.8 Å². The van der Waals surface area contributed by atoms with Gasteiger partial charge < -0.3 is 10.6 Å². The molecule has 0 spiro atoms. The highest BCUT2D eigenvalue weighted by molar-refractivity contribution is 5.95. The van der Waals surface area contributed by atoms with E-state index in [9.17, 15) is 4.79 Å². The molecule has 1 saturated carbocycles. The van der Waals surface area contributed by atoms with E-state index in [2.05, 4.69) is 0 Å². The van der Waals surface area contributed by atoms with Crippen LogP contribution in [0.3, 0.4) is 0 Å². The van der Waals surface area contributed by atoms with Gasteiger partial charge in [-0.1, -0.05) is 18.2 Å². The van der Waals surface area contributed by atoms with Gasteiger partial charge in [-0.25, -0.2) is 0 Å². The fourth-order valence-corrected chi connectivity index (χ4v) is 2.57. The number of carbonyl (C=O) groups is 1. The van der Waals surface area contributed by atoms with Crippen molar-refractivity contribution in [3.05, 3.63) is 29.8 Å². The smallest absolute Gasteiger partial charge is 0.229 e. The molecule has 3 heteroatoms. The summed E-state index contributed by atoms with van der Waals surface area (Å²) in [5, 5.41) is 0. The molecule has 0 aromatic heterocycles. The fraction of sp³-hybridized carbons (Fsp3) is 0.500. The second-order valence-corrected chi connectivity index (χ2v) is 4.95. The Kier molecular flexibility index (Phi) is 3.48. The second kappa shape index (κ2) is 4.88. The molecule has 1 amide bonds. The molecule has 0 radical (unpaired) electrons. The minimum Gasteiger partial charge on any atom is -0.328 e. The molecule has 2 unspecified atom stereocenters. The van der Waals surface area contributed by atoms with Crippen LogP contribution in [0.5, 0.6) is 0 Å². The van der Waals surface area contributed by atoms with Crippen LogP contribution in [0.15, 0.2) is 24.3 Å². The summed E-state index contributed by atoms with van der Waals surface area (Å²) in [6, 6.07) is 8.17. The van der Waals surface area contributed by atoms with Crippen molar-refractivity contribution in [3.63, 3.8) is 0 Å². The third kappa shape index (κ3) is 2.50. The van der Waals surface area contributed by atoms with Gasteiger partial charge in [0.2, 0.25) is 5.91 Å². The normalized spacial score (nSPS) is 23.7. The molecule has 1 aliphatic rings. The number of hydrogen-bond acceptors (Lipinski definition) is 2. The van der Waals surface area contributed by atoms with E-state index in [1.165, 1.54) is 0 Å². The van der Waals surface area contributed by atoms with E-state index in [-0.39, 0.29) is 17.9 Å². The largest absolute Gasteiger partial charge is 0.328 e. The first kappa shape index (κ1) is 12.1. The molecular formula is C14H20N2O. The third-order valence-electron chi connectivity index (χ3n) is 3.63. The summed E-state index contributed by atoms with van der Waals surface area (Å²) in [4.78, 5) is 14.1. The maximum absolute atomic E-state index is 12.3. The van der Waals surface area contributed by atoms with Crippen molar-refractivity contribution in [2.45, 2.75) is 32.2 Å². The molecule has 2 rings (SSSR count). The Balaban J connectivity index is 2.12. The molecule has 1 aliphatic carbocycles. The van der Waals surface area contributed by atoms with Crippen LogP contribution < -0.4 is 10.6 Å². The lowest BCUT2D eigenvalue weighted by atomic mass is 10.1. The molecule has 1 fully saturated rings. The maximum atomic E-state index is 12.3. The summed E-state index contributed by atoms with van der Waals surface area (Å²) in [6.07, 6.45) is 2.73. The highest BCUT2D eigenvalue weighted by Gasteiger charge is 2.30. The van der Waals surface area contributed by atoms with Crippen LogP contribution in [0, 0.1) is 12.8 Å². The van der Waals surface area contributed by atoms with E-state index in [0.29, 0.717) is 0 Å². The molecule has 1 aromatic rings. The molecule has 3 nitrogen and oxygen atoms in total. The molecule has 0 bridgehead atoms. The fourth-order valence-electron chi connectivity index (χ4n) is 2.57. The summed E-state index contributed by atoms with van der Waals surface area (Å²) in [7, 11) is 1.86. The van der Waals surface area contributed by atoms with Crippen LogP contribution in [0.1, 0.15) is 24.8 Å². The zero-order valence-electron chi connectivity index (χ0n) is 10.5. The number of carbonyl (C=O) groups excluding carboxylic acids is 1. The Morgan fingerprint density at radius 2 is 2.06 bits per heavy atom. The average molecular weight is 232 g/mol. The number of amides is 1. The predicted octanol–water partition coefficient (Wildman–Crippen LogP) is 2.09. The predicted molar refractivity (Wildman–Crippen MR) is 69.9 cm³/mol. The van der Waals surface area contributed by atoms with Gasteiger partial charge in [-0.2, -0.15) is 0 Å². The van der Waals surface area contributed by atoms with Gasteiger partial charge in [0.05, 0.1) is 0 Å². The third-order valence-corrected chi connectivity index (χ3v) is 3.63. The summed E-state index contributed by atoms with van der Waals surface area (Å²) in [6.45, 7) is 2.03. The highest BCUT2D eigenvalue weighted by atomic mass is 16.2. The number of anilines is 1. The van der Waals surface area contributed by atoms with E-state index in [1.807, 2.05) is 38.2 Å². The molecule has 0 aliphatic heterocycles. The summed E-state index contributed by atoms with van der Waals surface area (Å²) in [5.74, 6) is 0.307. The lowest BCUT2D eigenvalue weighted by molar-refractivity contribution is -0.121. The van der Waals surface area contributed by atoms with Crippen LogP contribution in [-0.4, -0.2) is 19.0 Å². The number of hydrogen-bond donors (Lipinski definition) is 1. The van der Waals surface area contributed by atoms with Gasteiger partial charge in [0.1, 0.15) is 0 Å². The van der Waals surface area contributed by atoms with Crippen LogP contribution in [0.25, 0.3) is 0 Å². The Bertz CT molecular complexity index is 416. The Labute approximate surface area is 103 Å². The molecule has 1 aromatic carbocycles. The molecule has 92 valence electrons.